The van der Waals surface area contributed by atoms with Crippen LogP contribution in [0.2, 0.25) is 0 Å². The molecule has 1 aromatic carbocycles. The fourth-order valence-electron chi connectivity index (χ4n) is 1.57. The SMILES string of the molecule is O=CNc1cccc2c1OCCC2. The van der Waals surface area contributed by atoms with Crippen LogP contribution in [-0.2, 0) is 11.2 Å². The van der Waals surface area contributed by atoms with E-state index in [1.165, 1.54) is 5.56 Å². The molecule has 0 radical (unpaired) electrons. The fraction of sp³-hybridized carbons (Fsp3) is 0.300. The number of ether oxygens (including phenoxy) is 1. The second-order valence-electron chi connectivity index (χ2n) is 3.01. The molecule has 3 heteroatoms. The molecular formula is C10H11NO2. The van der Waals surface area contributed by atoms with Crippen LogP contribution in [0.15, 0.2) is 18.2 Å². The van der Waals surface area contributed by atoms with Gasteiger partial charge in [0.25, 0.3) is 0 Å². The Hall–Kier alpha value is -1.51. The normalized spacial score (nSPS) is 14.2. The van der Waals surface area contributed by atoms with E-state index in [4.69, 9.17) is 4.74 Å². The number of fused-ring (bicyclic) bond motifs is 1. The molecule has 2 rings (SSSR count). The minimum atomic E-state index is 0.674. The number of hydrogen-bond acceptors (Lipinski definition) is 2. The van der Waals surface area contributed by atoms with Gasteiger partial charge >= 0.3 is 0 Å². The van der Waals surface area contributed by atoms with E-state index in [-0.39, 0.29) is 0 Å². The van der Waals surface area contributed by atoms with Crippen molar-refractivity contribution in [1.29, 1.82) is 0 Å². The Kier molecular flexibility index (Phi) is 2.17. The number of anilines is 1. The fourth-order valence-corrected chi connectivity index (χ4v) is 1.57. The Morgan fingerprint density at radius 2 is 2.38 bits per heavy atom. The summed E-state index contributed by atoms with van der Waals surface area (Å²) in [5.74, 6) is 0.834. The van der Waals surface area contributed by atoms with Crippen molar-refractivity contribution in [2.45, 2.75) is 12.8 Å². The highest BCUT2D eigenvalue weighted by molar-refractivity contribution is 5.76. The minimum absolute atomic E-state index is 0.674. The first-order chi connectivity index (χ1) is 6.42. The topological polar surface area (TPSA) is 38.3 Å². The number of rotatable bonds is 2. The highest BCUT2D eigenvalue weighted by atomic mass is 16.5. The maximum atomic E-state index is 10.3. The molecular weight excluding hydrogens is 166 g/mol. The molecule has 3 nitrogen and oxygen atoms in total. The molecule has 0 aromatic heterocycles. The first-order valence-corrected chi connectivity index (χ1v) is 4.36. The summed E-state index contributed by atoms with van der Waals surface area (Å²) in [4.78, 5) is 10.3. The average molecular weight is 177 g/mol. The Bertz CT molecular complexity index is 323. The number of nitrogens with one attached hydrogen (secondary N) is 1. The highest BCUT2D eigenvalue weighted by Gasteiger charge is 2.13. The van der Waals surface area contributed by atoms with E-state index in [0.29, 0.717) is 6.41 Å². The summed E-state index contributed by atoms with van der Waals surface area (Å²) < 4.78 is 5.49. The van der Waals surface area contributed by atoms with E-state index >= 15 is 0 Å². The molecule has 0 saturated carbocycles. The van der Waals surface area contributed by atoms with Crippen molar-refractivity contribution in [2.24, 2.45) is 0 Å². The van der Waals surface area contributed by atoms with Gasteiger partial charge in [0.15, 0.2) is 0 Å². The predicted octanol–water partition coefficient (Wildman–Crippen LogP) is 1.58. The molecule has 68 valence electrons. The maximum absolute atomic E-state index is 10.3. The zero-order chi connectivity index (χ0) is 9.10. The number of para-hydroxylation sites is 1. The van der Waals surface area contributed by atoms with Crippen LogP contribution in [0, 0.1) is 0 Å². The van der Waals surface area contributed by atoms with Gasteiger partial charge in [-0.15, -0.1) is 0 Å². The van der Waals surface area contributed by atoms with Crippen LogP contribution in [-0.4, -0.2) is 13.0 Å². The van der Waals surface area contributed by atoms with E-state index in [9.17, 15) is 4.79 Å². The molecule has 1 N–H and O–H groups in total. The Labute approximate surface area is 76.7 Å². The molecule has 1 amide bonds. The van der Waals surface area contributed by atoms with E-state index in [1.807, 2.05) is 18.2 Å². The predicted molar refractivity (Wildman–Crippen MR) is 49.9 cm³/mol. The van der Waals surface area contributed by atoms with E-state index in [2.05, 4.69) is 5.32 Å². The zero-order valence-corrected chi connectivity index (χ0v) is 7.25. The third-order valence-electron chi connectivity index (χ3n) is 2.15. The summed E-state index contributed by atoms with van der Waals surface area (Å²) in [6, 6.07) is 5.81. The Morgan fingerprint density at radius 3 is 3.23 bits per heavy atom. The van der Waals surface area contributed by atoms with Gasteiger partial charge in [0.2, 0.25) is 6.41 Å². The Balaban J connectivity index is 2.39. The highest BCUT2D eigenvalue weighted by Crippen LogP contribution is 2.32. The van der Waals surface area contributed by atoms with Gasteiger partial charge < -0.3 is 10.1 Å². The number of carbonyl (C=O) groups is 1. The largest absolute Gasteiger partial charge is 0.491 e. The van der Waals surface area contributed by atoms with Crippen molar-refractivity contribution < 1.29 is 9.53 Å². The van der Waals surface area contributed by atoms with Crippen molar-refractivity contribution in [3.63, 3.8) is 0 Å². The van der Waals surface area contributed by atoms with Gasteiger partial charge in [-0.25, -0.2) is 0 Å². The van der Waals surface area contributed by atoms with Gasteiger partial charge in [-0.2, -0.15) is 0 Å². The Morgan fingerprint density at radius 1 is 1.46 bits per heavy atom. The lowest BCUT2D eigenvalue weighted by molar-refractivity contribution is -0.105. The van der Waals surface area contributed by atoms with Crippen molar-refractivity contribution >= 4 is 12.1 Å². The van der Waals surface area contributed by atoms with Crippen LogP contribution >= 0.6 is 0 Å². The molecule has 0 fully saturated rings. The molecule has 1 heterocycles. The lowest BCUT2D eigenvalue weighted by Gasteiger charge is -2.19. The zero-order valence-electron chi connectivity index (χ0n) is 7.25. The molecule has 13 heavy (non-hydrogen) atoms. The van der Waals surface area contributed by atoms with Crippen molar-refractivity contribution in [3.8, 4) is 5.75 Å². The first-order valence-electron chi connectivity index (χ1n) is 4.36. The van der Waals surface area contributed by atoms with Crippen LogP contribution in [0.5, 0.6) is 5.75 Å². The number of amides is 1. The molecule has 0 bridgehead atoms. The monoisotopic (exact) mass is 177 g/mol. The quantitative estimate of drug-likeness (QED) is 0.696. The van der Waals surface area contributed by atoms with E-state index < -0.39 is 0 Å². The van der Waals surface area contributed by atoms with Gasteiger partial charge in [0.05, 0.1) is 12.3 Å². The van der Waals surface area contributed by atoms with Gasteiger partial charge in [0, 0.05) is 0 Å². The van der Waals surface area contributed by atoms with E-state index in [1.54, 1.807) is 0 Å². The molecule has 0 aliphatic carbocycles. The number of hydrogen-bond donors (Lipinski definition) is 1. The van der Waals surface area contributed by atoms with Crippen LogP contribution in [0.3, 0.4) is 0 Å². The molecule has 1 aromatic rings. The number of benzene rings is 1. The summed E-state index contributed by atoms with van der Waals surface area (Å²) in [5.41, 5.74) is 1.95. The van der Waals surface area contributed by atoms with Gasteiger partial charge in [-0.1, -0.05) is 12.1 Å². The summed E-state index contributed by atoms with van der Waals surface area (Å²) >= 11 is 0. The van der Waals surface area contributed by atoms with Crippen molar-refractivity contribution in [3.05, 3.63) is 23.8 Å². The van der Waals surface area contributed by atoms with Crippen LogP contribution < -0.4 is 10.1 Å². The second kappa shape index (κ2) is 3.47. The maximum Gasteiger partial charge on any atom is 0.211 e. The second-order valence-corrected chi connectivity index (χ2v) is 3.01. The molecule has 0 unspecified atom stereocenters. The lowest BCUT2D eigenvalue weighted by atomic mass is 10.1. The summed E-state index contributed by atoms with van der Waals surface area (Å²) in [6.07, 6.45) is 2.76. The molecule has 0 spiro atoms. The van der Waals surface area contributed by atoms with Crippen LogP contribution in [0.25, 0.3) is 0 Å². The molecule has 0 atom stereocenters. The van der Waals surface area contributed by atoms with Gasteiger partial charge in [-0.3, -0.25) is 4.79 Å². The summed E-state index contributed by atoms with van der Waals surface area (Å²) in [7, 11) is 0. The van der Waals surface area contributed by atoms with Crippen molar-refractivity contribution in [1.82, 2.24) is 0 Å². The van der Waals surface area contributed by atoms with E-state index in [0.717, 1.165) is 30.9 Å². The third kappa shape index (κ3) is 1.49. The average Bonchev–Trinajstić information content (AvgIpc) is 2.19. The van der Waals surface area contributed by atoms with Crippen LogP contribution in [0.4, 0.5) is 5.69 Å². The number of aryl methyl sites for hydroxylation is 1. The first kappa shape index (κ1) is 8.10. The third-order valence-corrected chi connectivity index (χ3v) is 2.15. The van der Waals surface area contributed by atoms with Crippen molar-refractivity contribution in [2.75, 3.05) is 11.9 Å². The minimum Gasteiger partial charge on any atom is -0.491 e. The summed E-state index contributed by atoms with van der Waals surface area (Å²) in [6.45, 7) is 0.741. The summed E-state index contributed by atoms with van der Waals surface area (Å²) in [5, 5.41) is 2.63. The molecule has 1 aliphatic rings. The lowest BCUT2D eigenvalue weighted by Crippen LogP contribution is -2.10. The molecule has 1 aliphatic heterocycles. The molecule has 0 saturated heterocycles. The van der Waals surface area contributed by atoms with Gasteiger partial charge in [-0.05, 0) is 24.5 Å². The smallest absolute Gasteiger partial charge is 0.211 e. The van der Waals surface area contributed by atoms with Crippen LogP contribution in [0.1, 0.15) is 12.0 Å². The standard InChI is InChI=1S/C10H11NO2/c12-7-11-9-5-1-3-8-4-2-6-13-10(8)9/h1,3,5,7H,2,4,6H2,(H,11,12). The number of carbonyl (C=O) groups excluding carboxylic acids is 1. The van der Waals surface area contributed by atoms with Gasteiger partial charge in [0.1, 0.15) is 5.75 Å².